The normalized spacial score (nSPS) is 22.8. The third-order valence-electron chi connectivity index (χ3n) is 4.71. The number of anilines is 1. The highest BCUT2D eigenvalue weighted by Gasteiger charge is 2.32. The molecule has 1 aromatic heterocycles. The van der Waals surface area contributed by atoms with Gasteiger partial charge in [0.25, 0.3) is 0 Å². The van der Waals surface area contributed by atoms with Crippen molar-refractivity contribution < 1.29 is 0 Å². The third-order valence-corrected chi connectivity index (χ3v) is 5.82. The Labute approximate surface area is 133 Å². The van der Waals surface area contributed by atoms with E-state index in [2.05, 4.69) is 24.1 Å². The molecule has 2 fully saturated rings. The summed E-state index contributed by atoms with van der Waals surface area (Å²) in [7, 11) is 0. The average Bonchev–Trinajstić information content (AvgIpc) is 3.26. The van der Waals surface area contributed by atoms with Gasteiger partial charge in [0.05, 0.1) is 5.69 Å². The highest BCUT2D eigenvalue weighted by Crippen LogP contribution is 2.45. The Morgan fingerprint density at radius 1 is 1.24 bits per heavy atom. The number of thiazole rings is 1. The van der Waals surface area contributed by atoms with Crippen LogP contribution >= 0.6 is 11.3 Å². The van der Waals surface area contributed by atoms with Gasteiger partial charge < -0.3 is 10.2 Å². The van der Waals surface area contributed by atoms with Crippen LogP contribution in [0.25, 0.3) is 0 Å². The predicted molar refractivity (Wildman–Crippen MR) is 91.4 cm³/mol. The highest BCUT2D eigenvalue weighted by molar-refractivity contribution is 7.15. The summed E-state index contributed by atoms with van der Waals surface area (Å²) < 4.78 is 0. The standard InChI is InChI=1S/C17H29N3S/c1-3-7-14-8-5-6-11-20(14)17-19-16(13-9-10-13)15(21-17)12-18-4-2/h13-14,18H,3-12H2,1-2H3. The molecule has 21 heavy (non-hydrogen) atoms. The summed E-state index contributed by atoms with van der Waals surface area (Å²) in [6, 6.07) is 0.730. The number of piperidine rings is 1. The number of hydrogen-bond donors (Lipinski definition) is 1. The van der Waals surface area contributed by atoms with Crippen LogP contribution < -0.4 is 10.2 Å². The van der Waals surface area contributed by atoms with Gasteiger partial charge >= 0.3 is 0 Å². The molecule has 2 aliphatic rings. The van der Waals surface area contributed by atoms with E-state index in [1.165, 1.54) is 67.2 Å². The molecule has 0 spiro atoms. The topological polar surface area (TPSA) is 28.2 Å². The van der Waals surface area contributed by atoms with Gasteiger partial charge in [-0.2, -0.15) is 0 Å². The molecule has 1 aliphatic heterocycles. The second-order valence-corrected chi connectivity index (χ2v) is 7.55. The van der Waals surface area contributed by atoms with Crippen molar-refractivity contribution in [1.82, 2.24) is 10.3 Å². The van der Waals surface area contributed by atoms with Crippen molar-refractivity contribution in [3.05, 3.63) is 10.6 Å². The van der Waals surface area contributed by atoms with Gasteiger partial charge in [0.15, 0.2) is 5.13 Å². The summed E-state index contributed by atoms with van der Waals surface area (Å²) in [6.45, 7) is 7.75. The molecule has 1 aliphatic carbocycles. The fraction of sp³-hybridized carbons (Fsp3) is 0.824. The summed E-state index contributed by atoms with van der Waals surface area (Å²) in [5.74, 6) is 0.762. The molecular weight excluding hydrogens is 278 g/mol. The van der Waals surface area contributed by atoms with E-state index >= 15 is 0 Å². The molecule has 3 nitrogen and oxygen atoms in total. The SMILES string of the molecule is CCCC1CCCCN1c1nc(C2CC2)c(CNCC)s1. The van der Waals surface area contributed by atoms with Gasteiger partial charge in [0.2, 0.25) is 0 Å². The summed E-state index contributed by atoms with van der Waals surface area (Å²) in [6.07, 6.45) is 9.39. The fourth-order valence-electron chi connectivity index (χ4n) is 3.40. The first-order valence-electron chi connectivity index (χ1n) is 8.80. The Kier molecular flexibility index (Phi) is 5.17. The van der Waals surface area contributed by atoms with Crippen LogP contribution in [0.1, 0.15) is 75.3 Å². The third kappa shape index (κ3) is 3.59. The van der Waals surface area contributed by atoms with Gasteiger partial charge in [-0.25, -0.2) is 4.98 Å². The molecule has 118 valence electrons. The summed E-state index contributed by atoms with van der Waals surface area (Å²) in [4.78, 5) is 9.21. The van der Waals surface area contributed by atoms with Gasteiger partial charge in [-0.05, 0) is 45.1 Å². The minimum absolute atomic E-state index is 0.730. The van der Waals surface area contributed by atoms with Crippen LogP contribution in [0, 0.1) is 0 Å². The van der Waals surface area contributed by atoms with E-state index in [1.54, 1.807) is 0 Å². The number of nitrogens with one attached hydrogen (secondary N) is 1. The largest absolute Gasteiger partial charge is 0.345 e. The zero-order valence-electron chi connectivity index (χ0n) is 13.5. The van der Waals surface area contributed by atoms with Gasteiger partial charge in [-0.3, -0.25) is 0 Å². The van der Waals surface area contributed by atoms with Crippen molar-refractivity contribution in [2.24, 2.45) is 0 Å². The molecule has 2 heterocycles. The van der Waals surface area contributed by atoms with Crippen LogP contribution in [-0.4, -0.2) is 24.1 Å². The minimum atomic E-state index is 0.730. The fourth-order valence-corrected chi connectivity index (χ4v) is 4.61. The molecular formula is C17H29N3S. The van der Waals surface area contributed by atoms with Crippen molar-refractivity contribution in [1.29, 1.82) is 0 Å². The highest BCUT2D eigenvalue weighted by atomic mass is 32.1. The van der Waals surface area contributed by atoms with E-state index < -0.39 is 0 Å². The monoisotopic (exact) mass is 307 g/mol. The summed E-state index contributed by atoms with van der Waals surface area (Å²) in [5.41, 5.74) is 1.41. The molecule has 1 aromatic rings. The van der Waals surface area contributed by atoms with E-state index in [4.69, 9.17) is 4.98 Å². The zero-order chi connectivity index (χ0) is 14.7. The minimum Gasteiger partial charge on any atom is -0.345 e. The molecule has 0 aromatic carbocycles. The number of rotatable bonds is 7. The quantitative estimate of drug-likeness (QED) is 0.814. The van der Waals surface area contributed by atoms with Gasteiger partial charge in [0.1, 0.15) is 0 Å². The van der Waals surface area contributed by atoms with Crippen molar-refractivity contribution in [2.45, 2.75) is 77.3 Å². The lowest BCUT2D eigenvalue weighted by Crippen LogP contribution is -2.39. The molecule has 0 radical (unpaired) electrons. The zero-order valence-corrected chi connectivity index (χ0v) is 14.3. The Morgan fingerprint density at radius 2 is 2.10 bits per heavy atom. The van der Waals surface area contributed by atoms with Crippen LogP contribution in [-0.2, 0) is 6.54 Å². The van der Waals surface area contributed by atoms with Crippen LogP contribution in [0.5, 0.6) is 0 Å². The Balaban J connectivity index is 1.79. The first-order chi connectivity index (χ1) is 10.3. The second kappa shape index (κ2) is 7.10. The molecule has 1 atom stereocenters. The molecule has 0 bridgehead atoms. The van der Waals surface area contributed by atoms with Gasteiger partial charge in [-0.15, -0.1) is 11.3 Å². The maximum absolute atomic E-state index is 5.09. The maximum Gasteiger partial charge on any atom is 0.186 e. The number of nitrogens with zero attached hydrogens (tertiary/aromatic N) is 2. The van der Waals surface area contributed by atoms with E-state index in [-0.39, 0.29) is 0 Å². The van der Waals surface area contributed by atoms with Gasteiger partial charge in [0, 0.05) is 29.9 Å². The van der Waals surface area contributed by atoms with Crippen molar-refractivity contribution in [2.75, 3.05) is 18.0 Å². The first-order valence-corrected chi connectivity index (χ1v) is 9.62. The summed E-state index contributed by atoms with van der Waals surface area (Å²) >= 11 is 1.96. The molecule has 4 heteroatoms. The average molecular weight is 308 g/mol. The Hall–Kier alpha value is -0.610. The van der Waals surface area contributed by atoms with Crippen LogP contribution in [0.2, 0.25) is 0 Å². The van der Waals surface area contributed by atoms with E-state index in [1.807, 2.05) is 11.3 Å². The molecule has 1 unspecified atom stereocenters. The van der Waals surface area contributed by atoms with E-state index in [9.17, 15) is 0 Å². The van der Waals surface area contributed by atoms with Crippen molar-refractivity contribution in [3.63, 3.8) is 0 Å². The van der Waals surface area contributed by atoms with Crippen molar-refractivity contribution in [3.8, 4) is 0 Å². The lowest BCUT2D eigenvalue weighted by Gasteiger charge is -2.35. The van der Waals surface area contributed by atoms with E-state index in [0.717, 1.165) is 25.0 Å². The Bertz CT molecular complexity index is 451. The molecule has 1 N–H and O–H groups in total. The van der Waals surface area contributed by atoms with Crippen LogP contribution in [0.3, 0.4) is 0 Å². The smallest absolute Gasteiger partial charge is 0.186 e. The summed E-state index contributed by atoms with van der Waals surface area (Å²) in [5, 5.41) is 4.80. The lowest BCUT2D eigenvalue weighted by atomic mass is 9.99. The lowest BCUT2D eigenvalue weighted by molar-refractivity contribution is 0.434. The van der Waals surface area contributed by atoms with Crippen LogP contribution in [0.4, 0.5) is 5.13 Å². The molecule has 0 amide bonds. The number of hydrogen-bond acceptors (Lipinski definition) is 4. The second-order valence-electron chi connectivity index (χ2n) is 6.49. The Morgan fingerprint density at radius 3 is 2.81 bits per heavy atom. The van der Waals surface area contributed by atoms with Crippen LogP contribution in [0.15, 0.2) is 0 Å². The number of aromatic nitrogens is 1. The molecule has 3 rings (SSSR count). The first kappa shape index (κ1) is 15.3. The van der Waals surface area contributed by atoms with E-state index in [0.29, 0.717) is 0 Å². The molecule has 1 saturated carbocycles. The maximum atomic E-state index is 5.09. The van der Waals surface area contributed by atoms with Gasteiger partial charge in [-0.1, -0.05) is 20.3 Å². The predicted octanol–water partition coefficient (Wildman–Crippen LogP) is 4.29. The molecule has 1 saturated heterocycles. The van der Waals surface area contributed by atoms with Crippen molar-refractivity contribution >= 4 is 16.5 Å².